The highest BCUT2D eigenvalue weighted by atomic mass is 32.2. The van der Waals surface area contributed by atoms with Crippen molar-refractivity contribution in [2.45, 2.75) is 19.1 Å². The largest absolute Gasteiger partial charge is 0.338 e. The van der Waals surface area contributed by atoms with Crippen LogP contribution in [0.4, 0.5) is 0 Å². The molecule has 0 N–H and O–H groups in total. The summed E-state index contributed by atoms with van der Waals surface area (Å²) in [6.07, 6.45) is 0.784. The minimum absolute atomic E-state index is 0.297. The molecule has 5 heteroatoms. The molecular formula is C18H18N2O2S. The SMILES string of the molecule is Cc1ccccc1-c1noc(C[S@](=O)CCc2ccccc2)n1. The van der Waals surface area contributed by atoms with Crippen molar-refractivity contribution in [2.75, 3.05) is 5.75 Å². The summed E-state index contributed by atoms with van der Waals surface area (Å²) >= 11 is 0. The predicted octanol–water partition coefficient (Wildman–Crippen LogP) is 3.54. The third-order valence-electron chi connectivity index (χ3n) is 3.60. The van der Waals surface area contributed by atoms with Gasteiger partial charge in [-0.15, -0.1) is 0 Å². The van der Waals surface area contributed by atoms with E-state index in [1.165, 1.54) is 5.56 Å². The van der Waals surface area contributed by atoms with Crippen molar-refractivity contribution >= 4 is 10.8 Å². The molecule has 0 fully saturated rings. The molecule has 0 aliphatic carbocycles. The molecule has 0 radical (unpaired) electrons. The minimum atomic E-state index is -1.02. The molecule has 118 valence electrons. The highest BCUT2D eigenvalue weighted by Crippen LogP contribution is 2.20. The molecule has 4 nitrogen and oxygen atoms in total. The average molecular weight is 326 g/mol. The van der Waals surface area contributed by atoms with Crippen molar-refractivity contribution in [1.29, 1.82) is 0 Å². The van der Waals surface area contributed by atoms with E-state index < -0.39 is 10.8 Å². The molecule has 0 amide bonds. The first-order valence-electron chi connectivity index (χ1n) is 7.50. The van der Waals surface area contributed by atoms with Crippen molar-refractivity contribution in [3.8, 4) is 11.4 Å². The molecule has 0 aliphatic rings. The van der Waals surface area contributed by atoms with E-state index in [1.54, 1.807) is 0 Å². The predicted molar refractivity (Wildman–Crippen MR) is 91.3 cm³/mol. The van der Waals surface area contributed by atoms with E-state index in [0.717, 1.165) is 17.5 Å². The summed E-state index contributed by atoms with van der Waals surface area (Å²) in [6.45, 7) is 2.00. The van der Waals surface area contributed by atoms with Crippen LogP contribution in [0.2, 0.25) is 0 Å². The van der Waals surface area contributed by atoms with Gasteiger partial charge in [-0.2, -0.15) is 4.98 Å². The highest BCUT2D eigenvalue weighted by Gasteiger charge is 2.13. The zero-order valence-corrected chi connectivity index (χ0v) is 13.8. The summed E-state index contributed by atoms with van der Waals surface area (Å²) in [4.78, 5) is 4.37. The van der Waals surface area contributed by atoms with Gasteiger partial charge in [0, 0.05) is 22.1 Å². The Labute approximate surface area is 138 Å². The Morgan fingerprint density at radius 3 is 2.57 bits per heavy atom. The van der Waals surface area contributed by atoms with Gasteiger partial charge >= 0.3 is 0 Å². The van der Waals surface area contributed by atoms with E-state index in [9.17, 15) is 4.21 Å². The lowest BCUT2D eigenvalue weighted by molar-refractivity contribution is 0.390. The molecule has 0 bridgehead atoms. The summed E-state index contributed by atoms with van der Waals surface area (Å²) in [5.41, 5.74) is 3.22. The van der Waals surface area contributed by atoms with Crippen molar-refractivity contribution < 1.29 is 8.73 Å². The molecule has 23 heavy (non-hydrogen) atoms. The Balaban J connectivity index is 1.61. The molecule has 0 saturated heterocycles. The van der Waals surface area contributed by atoms with Gasteiger partial charge < -0.3 is 4.52 Å². The fraction of sp³-hybridized carbons (Fsp3) is 0.222. The van der Waals surface area contributed by atoms with Gasteiger partial charge in [-0.1, -0.05) is 59.8 Å². The van der Waals surface area contributed by atoms with Crippen LogP contribution in [0.25, 0.3) is 11.4 Å². The van der Waals surface area contributed by atoms with Crippen LogP contribution in [-0.2, 0) is 23.0 Å². The monoisotopic (exact) mass is 326 g/mol. The van der Waals surface area contributed by atoms with Gasteiger partial charge in [-0.05, 0) is 24.5 Å². The second-order valence-electron chi connectivity index (χ2n) is 5.35. The first-order valence-corrected chi connectivity index (χ1v) is 8.98. The lowest BCUT2D eigenvalue weighted by Gasteiger charge is -2.00. The summed E-state index contributed by atoms with van der Waals surface area (Å²) in [6, 6.07) is 17.9. The van der Waals surface area contributed by atoms with Crippen LogP contribution in [0.1, 0.15) is 17.0 Å². The smallest absolute Gasteiger partial charge is 0.239 e. The molecule has 0 saturated carbocycles. The van der Waals surface area contributed by atoms with Gasteiger partial charge in [0.05, 0.1) is 0 Å². The molecule has 1 atom stereocenters. The Morgan fingerprint density at radius 1 is 1.04 bits per heavy atom. The third-order valence-corrected chi connectivity index (χ3v) is 4.83. The molecule has 2 aromatic carbocycles. The van der Waals surface area contributed by atoms with E-state index >= 15 is 0 Å². The molecule has 3 rings (SSSR count). The lowest BCUT2D eigenvalue weighted by Crippen LogP contribution is -2.04. The number of hydrogen-bond donors (Lipinski definition) is 0. The molecule has 0 spiro atoms. The van der Waals surface area contributed by atoms with Crippen LogP contribution in [0.5, 0.6) is 0 Å². The van der Waals surface area contributed by atoms with Gasteiger partial charge in [0.25, 0.3) is 0 Å². The summed E-state index contributed by atoms with van der Waals surface area (Å²) in [5.74, 6) is 1.87. The number of nitrogens with zero attached hydrogens (tertiary/aromatic N) is 2. The van der Waals surface area contributed by atoms with Crippen molar-refractivity contribution in [3.63, 3.8) is 0 Å². The fourth-order valence-electron chi connectivity index (χ4n) is 2.33. The van der Waals surface area contributed by atoms with Gasteiger partial charge in [0.1, 0.15) is 5.75 Å². The summed E-state index contributed by atoms with van der Waals surface area (Å²) in [7, 11) is -1.02. The van der Waals surface area contributed by atoms with E-state index in [2.05, 4.69) is 10.1 Å². The Morgan fingerprint density at radius 2 is 1.78 bits per heavy atom. The van der Waals surface area contributed by atoms with E-state index in [1.807, 2.05) is 61.5 Å². The summed E-state index contributed by atoms with van der Waals surface area (Å²) < 4.78 is 17.4. The molecule has 1 heterocycles. The van der Waals surface area contributed by atoms with Crippen molar-refractivity contribution in [3.05, 3.63) is 71.6 Å². The topological polar surface area (TPSA) is 56.0 Å². The lowest BCUT2D eigenvalue weighted by atomic mass is 10.1. The molecular weight excluding hydrogens is 308 g/mol. The first-order chi connectivity index (χ1) is 11.2. The molecule has 3 aromatic rings. The van der Waals surface area contributed by atoms with E-state index in [-0.39, 0.29) is 0 Å². The fourth-order valence-corrected chi connectivity index (χ4v) is 3.33. The molecule has 1 aromatic heterocycles. The standard InChI is InChI=1S/C18H18N2O2S/c1-14-7-5-6-10-16(14)18-19-17(22-20-18)13-23(21)12-11-15-8-3-2-4-9-15/h2-10H,11-13H2,1H3/t23-/m1/s1. The minimum Gasteiger partial charge on any atom is -0.338 e. The van der Waals surface area contributed by atoms with Crippen molar-refractivity contribution in [1.82, 2.24) is 10.1 Å². The van der Waals surface area contributed by atoms with Gasteiger partial charge in [0.15, 0.2) is 0 Å². The van der Waals surface area contributed by atoms with Crippen LogP contribution in [0.3, 0.4) is 0 Å². The van der Waals surface area contributed by atoms with Crippen LogP contribution in [-0.4, -0.2) is 20.1 Å². The zero-order chi connectivity index (χ0) is 16.1. The van der Waals surface area contributed by atoms with Crippen LogP contribution < -0.4 is 0 Å². The highest BCUT2D eigenvalue weighted by molar-refractivity contribution is 7.84. The summed E-state index contributed by atoms with van der Waals surface area (Å²) in [5, 5.41) is 4.00. The van der Waals surface area contributed by atoms with Gasteiger partial charge in [-0.25, -0.2) is 0 Å². The van der Waals surface area contributed by atoms with Crippen LogP contribution >= 0.6 is 0 Å². The maximum atomic E-state index is 12.2. The van der Waals surface area contributed by atoms with Crippen LogP contribution in [0.15, 0.2) is 59.1 Å². The maximum absolute atomic E-state index is 12.2. The number of rotatable bonds is 6. The zero-order valence-electron chi connectivity index (χ0n) is 12.9. The van der Waals surface area contributed by atoms with Crippen LogP contribution in [0, 0.1) is 6.92 Å². The van der Waals surface area contributed by atoms with E-state index in [0.29, 0.717) is 23.2 Å². The normalized spacial score (nSPS) is 12.2. The number of aryl methyl sites for hydroxylation is 2. The molecule has 0 aliphatic heterocycles. The quantitative estimate of drug-likeness (QED) is 0.695. The van der Waals surface area contributed by atoms with Gasteiger partial charge in [0.2, 0.25) is 11.7 Å². The number of benzene rings is 2. The third kappa shape index (κ3) is 4.13. The Kier molecular flexibility index (Phi) is 4.98. The second kappa shape index (κ2) is 7.33. The van der Waals surface area contributed by atoms with Gasteiger partial charge in [-0.3, -0.25) is 4.21 Å². The number of hydrogen-bond acceptors (Lipinski definition) is 4. The van der Waals surface area contributed by atoms with Crippen molar-refractivity contribution in [2.24, 2.45) is 0 Å². The van der Waals surface area contributed by atoms with E-state index in [4.69, 9.17) is 4.52 Å². The Hall–Kier alpha value is -2.27. The molecule has 0 unspecified atom stereocenters. The Bertz CT molecular complexity index is 800. The second-order valence-corrected chi connectivity index (χ2v) is 6.93. The average Bonchev–Trinajstić information content (AvgIpc) is 3.02. The number of aromatic nitrogens is 2. The maximum Gasteiger partial charge on any atom is 0.239 e. The first kappa shape index (κ1) is 15.6.